The van der Waals surface area contributed by atoms with Gasteiger partial charge >= 0.3 is 0 Å². The van der Waals surface area contributed by atoms with Crippen molar-refractivity contribution in [3.63, 3.8) is 0 Å². The molecule has 0 aromatic heterocycles. The summed E-state index contributed by atoms with van der Waals surface area (Å²) in [4.78, 5) is 31.1. The smallest absolute Gasteiger partial charge is 0.240 e. The second-order valence-electron chi connectivity index (χ2n) is 7.73. The van der Waals surface area contributed by atoms with Gasteiger partial charge in [0.05, 0.1) is 12.1 Å². The van der Waals surface area contributed by atoms with Gasteiger partial charge in [0, 0.05) is 24.2 Å². The summed E-state index contributed by atoms with van der Waals surface area (Å²) in [7, 11) is 7.73. The molecule has 0 saturated carbocycles. The van der Waals surface area contributed by atoms with Crippen molar-refractivity contribution in [1.29, 1.82) is 0 Å². The molecular formula is C19H40N4O2. The molecule has 0 radical (unpaired) electrons. The number of hydrogen-bond acceptors (Lipinski definition) is 4. The summed E-state index contributed by atoms with van der Waals surface area (Å²) in [5.41, 5.74) is 0. The van der Waals surface area contributed by atoms with Crippen LogP contribution in [0.15, 0.2) is 0 Å². The first kappa shape index (κ1) is 23.9. The van der Waals surface area contributed by atoms with Gasteiger partial charge in [-0.3, -0.25) is 19.4 Å². The predicted octanol–water partition coefficient (Wildman–Crippen LogP) is 1.75. The zero-order valence-electron chi connectivity index (χ0n) is 17.1. The number of carbonyl (C=O) groups is 2. The summed E-state index contributed by atoms with van der Waals surface area (Å²) >= 11 is 0. The fourth-order valence-electron chi connectivity index (χ4n) is 2.68. The summed E-state index contributed by atoms with van der Waals surface area (Å²) in [5, 5.41) is 0. The van der Waals surface area contributed by atoms with Crippen LogP contribution in [0, 0.1) is 0 Å². The number of nitrogens with zero attached hydrogens (tertiary/aromatic N) is 4. The highest BCUT2D eigenvalue weighted by atomic mass is 16.2. The highest BCUT2D eigenvalue weighted by molar-refractivity contribution is 5.84. The Morgan fingerprint density at radius 1 is 0.680 bits per heavy atom. The van der Waals surface area contributed by atoms with E-state index in [4.69, 9.17) is 0 Å². The predicted molar refractivity (Wildman–Crippen MR) is 105 cm³/mol. The molecule has 2 fully saturated rings. The SMILES string of the molecule is C.CC1C(C)N1C(=O)[C@@H](C)N(C)C.CC1C(C)N1C(=O)[C@H](C)N(C)C. The van der Waals surface area contributed by atoms with E-state index in [1.54, 1.807) is 0 Å². The van der Waals surface area contributed by atoms with Gasteiger partial charge in [0.2, 0.25) is 11.8 Å². The minimum absolute atomic E-state index is 0. The fraction of sp³-hybridized carbons (Fsp3) is 0.895. The third-order valence-corrected chi connectivity index (χ3v) is 5.74. The van der Waals surface area contributed by atoms with E-state index in [-0.39, 0.29) is 31.3 Å². The molecule has 6 atom stereocenters. The van der Waals surface area contributed by atoms with E-state index in [0.717, 1.165) is 0 Å². The highest BCUT2D eigenvalue weighted by Crippen LogP contribution is 2.28. The maximum atomic E-state index is 11.7. The number of amides is 2. The highest BCUT2D eigenvalue weighted by Gasteiger charge is 2.46. The van der Waals surface area contributed by atoms with Crippen molar-refractivity contribution >= 4 is 11.8 Å². The molecule has 0 spiro atoms. The Hall–Kier alpha value is -1.14. The molecule has 2 rings (SSSR count). The number of carbonyl (C=O) groups excluding carboxylic acids is 2. The molecule has 0 N–H and O–H groups in total. The lowest BCUT2D eigenvalue weighted by atomic mass is 10.3. The van der Waals surface area contributed by atoms with E-state index in [0.29, 0.717) is 24.2 Å². The summed E-state index contributed by atoms with van der Waals surface area (Å²) in [6.45, 7) is 12.2. The monoisotopic (exact) mass is 356 g/mol. The van der Waals surface area contributed by atoms with Crippen LogP contribution < -0.4 is 0 Å². The molecule has 148 valence electrons. The third kappa shape index (κ3) is 5.42. The molecule has 6 nitrogen and oxygen atoms in total. The Morgan fingerprint density at radius 2 is 0.880 bits per heavy atom. The standard InChI is InChI=1S/2C9H18N2O.CH4/c2*1-6-7(2)11(6)9(12)8(3)10(4)5;/h2*6-8H,1-5H3;1H4/t2*6?,7?,8-,11?;/m10./s1. The van der Waals surface area contributed by atoms with Gasteiger partial charge in [0.25, 0.3) is 0 Å². The molecule has 4 unspecified atom stereocenters. The molecule has 25 heavy (non-hydrogen) atoms. The van der Waals surface area contributed by atoms with Crippen LogP contribution in [0.25, 0.3) is 0 Å². The zero-order chi connectivity index (χ0) is 18.9. The van der Waals surface area contributed by atoms with E-state index in [9.17, 15) is 9.59 Å². The lowest BCUT2D eigenvalue weighted by molar-refractivity contribution is -0.131. The van der Waals surface area contributed by atoms with Gasteiger partial charge in [-0.25, -0.2) is 0 Å². The van der Waals surface area contributed by atoms with Crippen molar-refractivity contribution < 1.29 is 9.59 Å². The first-order valence-corrected chi connectivity index (χ1v) is 8.90. The van der Waals surface area contributed by atoms with Crippen LogP contribution in [-0.2, 0) is 9.59 Å². The Morgan fingerprint density at radius 3 is 1.00 bits per heavy atom. The molecule has 0 bridgehead atoms. The second kappa shape index (κ2) is 8.99. The minimum Gasteiger partial charge on any atom is -0.332 e. The van der Waals surface area contributed by atoms with Gasteiger partial charge in [-0.15, -0.1) is 0 Å². The maximum absolute atomic E-state index is 11.7. The second-order valence-corrected chi connectivity index (χ2v) is 7.73. The number of hydrogen-bond donors (Lipinski definition) is 0. The molecule has 0 aliphatic carbocycles. The van der Waals surface area contributed by atoms with Gasteiger partial charge in [-0.05, 0) is 69.7 Å². The maximum Gasteiger partial charge on any atom is 0.240 e. The molecule has 2 aliphatic rings. The molecule has 2 aliphatic heterocycles. The zero-order valence-corrected chi connectivity index (χ0v) is 17.1. The van der Waals surface area contributed by atoms with Gasteiger partial charge in [0.1, 0.15) is 0 Å². The average Bonchev–Trinajstić information content (AvgIpc) is 3.32. The van der Waals surface area contributed by atoms with Gasteiger partial charge in [0.15, 0.2) is 0 Å². The van der Waals surface area contributed by atoms with Crippen LogP contribution in [0.4, 0.5) is 0 Å². The molecule has 2 heterocycles. The van der Waals surface area contributed by atoms with Crippen molar-refractivity contribution in [2.24, 2.45) is 0 Å². The normalized spacial score (nSPS) is 29.4. The van der Waals surface area contributed by atoms with Crippen molar-refractivity contribution in [1.82, 2.24) is 19.6 Å². The molecular weight excluding hydrogens is 316 g/mol. The van der Waals surface area contributed by atoms with Crippen LogP contribution in [0.3, 0.4) is 0 Å². The topological polar surface area (TPSA) is 46.6 Å². The quantitative estimate of drug-likeness (QED) is 0.720. The van der Waals surface area contributed by atoms with Gasteiger partial charge in [-0.2, -0.15) is 0 Å². The van der Waals surface area contributed by atoms with Crippen molar-refractivity contribution in [3.8, 4) is 0 Å². The van der Waals surface area contributed by atoms with E-state index >= 15 is 0 Å². The van der Waals surface area contributed by atoms with Crippen molar-refractivity contribution in [2.45, 2.75) is 85.2 Å². The lowest BCUT2D eigenvalue weighted by Crippen LogP contribution is -2.37. The van der Waals surface area contributed by atoms with E-state index in [1.807, 2.05) is 61.6 Å². The number of rotatable bonds is 4. The molecule has 0 aromatic rings. The van der Waals surface area contributed by atoms with Crippen LogP contribution in [0.1, 0.15) is 49.0 Å². The van der Waals surface area contributed by atoms with Crippen LogP contribution >= 0.6 is 0 Å². The average molecular weight is 357 g/mol. The van der Waals surface area contributed by atoms with Crippen LogP contribution in [-0.4, -0.2) is 95.9 Å². The minimum atomic E-state index is 0. The molecule has 2 saturated heterocycles. The third-order valence-electron chi connectivity index (χ3n) is 5.74. The Kier molecular flexibility index (Phi) is 8.58. The molecule has 2 amide bonds. The first-order valence-electron chi connectivity index (χ1n) is 8.90. The van der Waals surface area contributed by atoms with Crippen molar-refractivity contribution in [3.05, 3.63) is 0 Å². The first-order chi connectivity index (χ1) is 10.9. The van der Waals surface area contributed by atoms with E-state index < -0.39 is 0 Å². The molecule has 6 heteroatoms. The largest absolute Gasteiger partial charge is 0.332 e. The Labute approximate surface area is 155 Å². The summed E-state index contributed by atoms with van der Waals surface area (Å²) in [5.74, 6) is 0.500. The van der Waals surface area contributed by atoms with Gasteiger partial charge in [-0.1, -0.05) is 7.43 Å². The van der Waals surface area contributed by atoms with E-state index in [1.165, 1.54) is 0 Å². The lowest BCUT2D eigenvalue weighted by Gasteiger charge is -2.19. The van der Waals surface area contributed by atoms with E-state index in [2.05, 4.69) is 27.7 Å². The fourth-order valence-corrected chi connectivity index (χ4v) is 2.68. The van der Waals surface area contributed by atoms with Crippen molar-refractivity contribution in [2.75, 3.05) is 28.2 Å². The summed E-state index contributed by atoms with van der Waals surface area (Å²) in [6, 6.07) is 1.80. The van der Waals surface area contributed by atoms with Crippen LogP contribution in [0.5, 0.6) is 0 Å². The Balaban J connectivity index is 0.000000443. The van der Waals surface area contributed by atoms with Gasteiger partial charge < -0.3 is 9.80 Å². The summed E-state index contributed by atoms with van der Waals surface area (Å²) < 4.78 is 0. The van der Waals surface area contributed by atoms with Crippen LogP contribution in [0.2, 0.25) is 0 Å². The Bertz CT molecular complexity index is 387. The summed E-state index contributed by atoms with van der Waals surface area (Å²) in [6.07, 6.45) is 0. The molecule has 0 aromatic carbocycles. The number of likely N-dealkylation sites (N-methyl/N-ethyl adjacent to an activating group) is 2.